The molecule has 0 aliphatic carbocycles. The van der Waals surface area contributed by atoms with Gasteiger partial charge in [0.15, 0.2) is 0 Å². The number of carbonyl (C=O) groups is 1. The molecule has 0 spiro atoms. The van der Waals surface area contributed by atoms with E-state index in [1.54, 1.807) is 14.2 Å². The van der Waals surface area contributed by atoms with E-state index in [1.807, 2.05) is 24.3 Å². The molecule has 1 N–H and O–H groups in total. The van der Waals surface area contributed by atoms with Gasteiger partial charge in [-0.05, 0) is 17.7 Å². The van der Waals surface area contributed by atoms with E-state index in [1.165, 1.54) is 15.4 Å². The molecular formula is C16H15N5O3. The van der Waals surface area contributed by atoms with Gasteiger partial charge in [0.2, 0.25) is 11.7 Å². The lowest BCUT2D eigenvalue weighted by Gasteiger charge is -2.26. The summed E-state index contributed by atoms with van der Waals surface area (Å²) in [6.45, 7) is 0. The largest absolute Gasteiger partial charge is 0.497 e. The number of aryl methyl sites for hydroxylation is 1. The summed E-state index contributed by atoms with van der Waals surface area (Å²) in [4.78, 5) is 29.2. The fourth-order valence-corrected chi connectivity index (χ4v) is 3.16. The molecule has 0 unspecified atom stereocenters. The zero-order valence-corrected chi connectivity index (χ0v) is 13.2. The fraction of sp³-hybridized carbons (Fsp3) is 0.250. The van der Waals surface area contributed by atoms with Crippen molar-refractivity contribution < 1.29 is 9.53 Å². The van der Waals surface area contributed by atoms with Crippen molar-refractivity contribution in [3.63, 3.8) is 0 Å². The summed E-state index contributed by atoms with van der Waals surface area (Å²) in [5.41, 5.74) is 1.16. The second kappa shape index (κ2) is 5.19. The first-order valence-corrected chi connectivity index (χ1v) is 7.46. The molecule has 1 aliphatic rings. The first-order chi connectivity index (χ1) is 11.6. The Morgan fingerprint density at radius 3 is 2.96 bits per heavy atom. The molecule has 8 nitrogen and oxygen atoms in total. The molecule has 1 amide bonds. The molecule has 2 aromatic heterocycles. The van der Waals surface area contributed by atoms with Gasteiger partial charge in [0.1, 0.15) is 17.9 Å². The Hall–Kier alpha value is -3.16. The maximum Gasteiger partial charge on any atom is 0.260 e. The third kappa shape index (κ3) is 1.99. The number of amides is 1. The number of hydrogen-bond donors (Lipinski definition) is 1. The summed E-state index contributed by atoms with van der Waals surface area (Å²) in [6.07, 6.45) is 1.55. The Labute approximate surface area is 136 Å². The number of anilines is 1. The van der Waals surface area contributed by atoms with Crippen molar-refractivity contribution in [2.45, 2.75) is 12.3 Å². The molecule has 24 heavy (non-hydrogen) atoms. The zero-order valence-electron chi connectivity index (χ0n) is 13.2. The predicted octanol–water partition coefficient (Wildman–Crippen LogP) is 0.911. The topological polar surface area (TPSA) is 90.5 Å². The molecule has 3 aromatic rings. The van der Waals surface area contributed by atoms with Crippen molar-refractivity contribution in [1.29, 1.82) is 0 Å². The van der Waals surface area contributed by atoms with Gasteiger partial charge in [-0.15, -0.1) is 0 Å². The number of fused-ring (bicyclic) bond motifs is 3. The van der Waals surface area contributed by atoms with Gasteiger partial charge in [-0.25, -0.2) is 0 Å². The maximum absolute atomic E-state index is 12.9. The van der Waals surface area contributed by atoms with Gasteiger partial charge in [0.25, 0.3) is 5.56 Å². The van der Waals surface area contributed by atoms with Crippen LogP contribution in [0.5, 0.6) is 5.75 Å². The Morgan fingerprint density at radius 2 is 2.17 bits per heavy atom. The average molecular weight is 325 g/mol. The Bertz CT molecular complexity index is 1020. The van der Waals surface area contributed by atoms with E-state index in [9.17, 15) is 9.59 Å². The fourth-order valence-electron chi connectivity index (χ4n) is 3.16. The number of benzene rings is 1. The molecule has 4 rings (SSSR count). The molecule has 0 radical (unpaired) electrons. The van der Waals surface area contributed by atoms with Crippen LogP contribution in [0.1, 0.15) is 23.5 Å². The highest BCUT2D eigenvalue weighted by Crippen LogP contribution is 2.35. The molecule has 1 aromatic carbocycles. The minimum Gasteiger partial charge on any atom is -0.497 e. The lowest BCUT2D eigenvalue weighted by atomic mass is 9.86. The SMILES string of the molecule is COc1cccc([C@H]2CC(=O)Nc3c2c(=O)n(C)c2ncnn32)c1. The summed E-state index contributed by atoms with van der Waals surface area (Å²) in [7, 11) is 3.23. The first kappa shape index (κ1) is 14.4. The number of hydrogen-bond acceptors (Lipinski definition) is 5. The third-order valence-electron chi connectivity index (χ3n) is 4.32. The Balaban J connectivity index is 2.01. The smallest absolute Gasteiger partial charge is 0.260 e. The van der Waals surface area contributed by atoms with Gasteiger partial charge >= 0.3 is 0 Å². The summed E-state index contributed by atoms with van der Waals surface area (Å²) in [5.74, 6) is 0.912. The molecule has 8 heteroatoms. The van der Waals surface area contributed by atoms with Crippen LogP contribution < -0.4 is 15.6 Å². The van der Waals surface area contributed by atoms with Crippen LogP contribution in [0.3, 0.4) is 0 Å². The molecule has 122 valence electrons. The predicted molar refractivity (Wildman–Crippen MR) is 86.3 cm³/mol. The quantitative estimate of drug-likeness (QED) is 0.756. The number of methoxy groups -OCH3 is 1. The molecule has 0 bridgehead atoms. The Morgan fingerprint density at radius 1 is 1.33 bits per heavy atom. The maximum atomic E-state index is 12.9. The van der Waals surface area contributed by atoms with Gasteiger partial charge < -0.3 is 10.1 Å². The number of nitrogens with one attached hydrogen (secondary N) is 1. The van der Waals surface area contributed by atoms with Crippen LogP contribution in [-0.2, 0) is 11.8 Å². The van der Waals surface area contributed by atoms with Gasteiger partial charge in [0, 0.05) is 19.4 Å². The van der Waals surface area contributed by atoms with E-state index in [0.717, 1.165) is 5.56 Å². The van der Waals surface area contributed by atoms with Gasteiger partial charge in [-0.3, -0.25) is 14.2 Å². The van der Waals surface area contributed by atoms with Crippen molar-refractivity contribution in [2.75, 3.05) is 12.4 Å². The summed E-state index contributed by atoms with van der Waals surface area (Å²) < 4.78 is 8.19. The van der Waals surface area contributed by atoms with Crippen molar-refractivity contribution in [3.05, 3.63) is 52.1 Å². The van der Waals surface area contributed by atoms with E-state index in [-0.39, 0.29) is 23.8 Å². The van der Waals surface area contributed by atoms with Crippen molar-refractivity contribution in [1.82, 2.24) is 19.2 Å². The van der Waals surface area contributed by atoms with Crippen LogP contribution >= 0.6 is 0 Å². The minimum atomic E-state index is -0.365. The number of nitrogens with zero attached hydrogens (tertiary/aromatic N) is 4. The lowest BCUT2D eigenvalue weighted by Crippen LogP contribution is -2.35. The zero-order chi connectivity index (χ0) is 16.8. The summed E-state index contributed by atoms with van der Waals surface area (Å²) in [6, 6.07) is 7.41. The summed E-state index contributed by atoms with van der Waals surface area (Å²) in [5, 5.41) is 6.90. The van der Waals surface area contributed by atoms with Crippen LogP contribution in [0.2, 0.25) is 0 Å². The van der Waals surface area contributed by atoms with E-state index >= 15 is 0 Å². The highest BCUT2D eigenvalue weighted by molar-refractivity contribution is 5.94. The molecule has 0 saturated heterocycles. The molecule has 0 saturated carbocycles. The first-order valence-electron chi connectivity index (χ1n) is 7.46. The molecular weight excluding hydrogens is 310 g/mol. The number of ether oxygens (including phenoxy) is 1. The van der Waals surface area contributed by atoms with Gasteiger partial charge in [-0.1, -0.05) is 12.1 Å². The molecule has 3 heterocycles. The summed E-state index contributed by atoms with van der Waals surface area (Å²) >= 11 is 0. The van der Waals surface area contributed by atoms with Crippen molar-refractivity contribution in [3.8, 4) is 5.75 Å². The monoisotopic (exact) mass is 325 g/mol. The second-order valence-corrected chi connectivity index (χ2v) is 5.68. The lowest BCUT2D eigenvalue weighted by molar-refractivity contribution is -0.116. The van der Waals surface area contributed by atoms with E-state index in [0.29, 0.717) is 22.9 Å². The van der Waals surface area contributed by atoms with Crippen molar-refractivity contribution >= 4 is 17.5 Å². The van der Waals surface area contributed by atoms with Gasteiger partial charge in [-0.2, -0.15) is 14.6 Å². The van der Waals surface area contributed by atoms with E-state index in [2.05, 4.69) is 15.4 Å². The van der Waals surface area contributed by atoms with Crippen LogP contribution in [0.25, 0.3) is 5.78 Å². The molecule has 1 aliphatic heterocycles. The third-order valence-corrected chi connectivity index (χ3v) is 4.32. The second-order valence-electron chi connectivity index (χ2n) is 5.68. The van der Waals surface area contributed by atoms with Crippen LogP contribution in [0.4, 0.5) is 5.82 Å². The van der Waals surface area contributed by atoms with Crippen LogP contribution in [0.15, 0.2) is 35.4 Å². The standard InChI is InChI=1S/C16H15N5O3/c1-20-15(23)13-11(9-4-3-5-10(6-9)24-2)7-12(22)19-14(13)21-16(20)17-8-18-21/h3-6,8,11H,7H2,1-2H3,(H,19,22)/t11-/m1/s1. The van der Waals surface area contributed by atoms with E-state index in [4.69, 9.17) is 4.74 Å². The highest BCUT2D eigenvalue weighted by Gasteiger charge is 2.32. The average Bonchev–Trinajstić information content (AvgIpc) is 3.09. The minimum absolute atomic E-state index is 0.166. The van der Waals surface area contributed by atoms with E-state index < -0.39 is 0 Å². The van der Waals surface area contributed by atoms with Crippen LogP contribution in [-0.4, -0.2) is 32.2 Å². The molecule has 1 atom stereocenters. The highest BCUT2D eigenvalue weighted by atomic mass is 16.5. The number of carbonyl (C=O) groups excluding carboxylic acids is 1. The number of rotatable bonds is 2. The van der Waals surface area contributed by atoms with Crippen molar-refractivity contribution in [2.24, 2.45) is 7.05 Å². The Kier molecular flexibility index (Phi) is 3.12. The molecule has 0 fully saturated rings. The van der Waals surface area contributed by atoms with Gasteiger partial charge in [0.05, 0.1) is 12.7 Å². The number of aromatic nitrogens is 4. The van der Waals surface area contributed by atoms with Crippen LogP contribution in [0, 0.1) is 0 Å². The normalized spacial score (nSPS) is 16.8.